The van der Waals surface area contributed by atoms with Gasteiger partial charge in [-0.3, -0.25) is 4.79 Å². The maximum absolute atomic E-state index is 12.6. The summed E-state index contributed by atoms with van der Waals surface area (Å²) in [5.41, 5.74) is 1.54. The van der Waals surface area contributed by atoms with E-state index in [2.05, 4.69) is 5.32 Å². The van der Waals surface area contributed by atoms with Gasteiger partial charge in [0.15, 0.2) is 11.9 Å². The van der Waals surface area contributed by atoms with Gasteiger partial charge in [0.05, 0.1) is 18.1 Å². The van der Waals surface area contributed by atoms with Crippen molar-refractivity contribution >= 4 is 21.6 Å². The Hall–Kier alpha value is -2.29. The summed E-state index contributed by atoms with van der Waals surface area (Å²) >= 11 is 0. The van der Waals surface area contributed by atoms with Crippen LogP contribution in [0.1, 0.15) is 18.7 Å². The van der Waals surface area contributed by atoms with E-state index in [1.807, 2.05) is 42.8 Å². The molecule has 2 heterocycles. The molecule has 7 nitrogen and oxygen atoms in total. The Morgan fingerprint density at radius 1 is 1.15 bits per heavy atom. The minimum absolute atomic E-state index is 0.168. The number of aryl methyl sites for hydroxylation is 1. The third-order valence-corrected chi connectivity index (χ3v) is 6.54. The molecule has 1 aliphatic rings. The van der Waals surface area contributed by atoms with Gasteiger partial charge in [-0.15, -0.1) is 0 Å². The van der Waals surface area contributed by atoms with E-state index in [0.717, 1.165) is 5.69 Å². The molecule has 0 radical (unpaired) electrons. The molecule has 1 aromatic heterocycles. The molecule has 0 bridgehead atoms. The second kappa shape index (κ2) is 8.16. The van der Waals surface area contributed by atoms with Crippen molar-refractivity contribution in [3.05, 3.63) is 54.4 Å². The van der Waals surface area contributed by atoms with Crippen molar-refractivity contribution in [1.29, 1.82) is 0 Å². The molecule has 144 valence electrons. The van der Waals surface area contributed by atoms with Gasteiger partial charge in [0, 0.05) is 44.8 Å². The summed E-state index contributed by atoms with van der Waals surface area (Å²) in [6.07, 6.45) is 1.86. The van der Waals surface area contributed by atoms with E-state index >= 15 is 0 Å². The molecule has 1 aromatic carbocycles. The summed E-state index contributed by atoms with van der Waals surface area (Å²) < 4.78 is 33.8. The van der Waals surface area contributed by atoms with Crippen LogP contribution in [0.4, 0.5) is 5.69 Å². The Kier molecular flexibility index (Phi) is 5.88. The topological polar surface area (TPSA) is 79.6 Å². The fourth-order valence-electron chi connectivity index (χ4n) is 2.99. The van der Waals surface area contributed by atoms with Gasteiger partial charge in [-0.25, -0.2) is 8.42 Å². The zero-order valence-electron chi connectivity index (χ0n) is 15.5. The van der Waals surface area contributed by atoms with Crippen LogP contribution in [0.25, 0.3) is 0 Å². The van der Waals surface area contributed by atoms with Crippen LogP contribution in [-0.2, 0) is 19.6 Å². The first kappa shape index (κ1) is 19.5. The summed E-state index contributed by atoms with van der Waals surface area (Å²) in [5, 5.41) is 2.84. The highest BCUT2D eigenvalue weighted by Crippen LogP contribution is 2.19. The normalized spacial score (nSPS) is 16.7. The van der Waals surface area contributed by atoms with Crippen LogP contribution < -0.4 is 9.88 Å². The zero-order valence-corrected chi connectivity index (χ0v) is 16.3. The van der Waals surface area contributed by atoms with Crippen LogP contribution in [-0.4, -0.2) is 44.9 Å². The first-order valence-electron chi connectivity index (χ1n) is 8.85. The van der Waals surface area contributed by atoms with Gasteiger partial charge in [-0.1, -0.05) is 6.07 Å². The lowest BCUT2D eigenvalue weighted by Gasteiger charge is -2.26. The Labute approximate surface area is 159 Å². The molecule has 1 atom stereocenters. The van der Waals surface area contributed by atoms with E-state index < -0.39 is 10.0 Å². The number of aromatic nitrogens is 1. The molecular formula is C19H24N3O4S+. The summed E-state index contributed by atoms with van der Waals surface area (Å²) in [7, 11) is -3.54. The maximum Gasteiger partial charge on any atom is 0.293 e. The number of amides is 1. The number of anilines is 1. The largest absolute Gasteiger partial charge is 0.379 e. The average Bonchev–Trinajstić information content (AvgIpc) is 2.69. The van der Waals surface area contributed by atoms with Crippen molar-refractivity contribution in [2.24, 2.45) is 0 Å². The van der Waals surface area contributed by atoms with Gasteiger partial charge in [0.1, 0.15) is 0 Å². The highest BCUT2D eigenvalue weighted by molar-refractivity contribution is 7.89. The molecule has 1 saturated heterocycles. The predicted molar refractivity (Wildman–Crippen MR) is 101 cm³/mol. The lowest BCUT2D eigenvalue weighted by Crippen LogP contribution is -2.46. The number of hydrogen-bond donors (Lipinski definition) is 1. The molecule has 1 aliphatic heterocycles. The number of pyridine rings is 1. The third-order valence-electron chi connectivity index (χ3n) is 4.63. The molecule has 27 heavy (non-hydrogen) atoms. The van der Waals surface area contributed by atoms with E-state index in [0.29, 0.717) is 32.0 Å². The Balaban J connectivity index is 1.70. The summed E-state index contributed by atoms with van der Waals surface area (Å²) in [5.74, 6) is -0.168. The number of sulfonamides is 1. The van der Waals surface area contributed by atoms with Crippen molar-refractivity contribution in [3.8, 4) is 0 Å². The van der Waals surface area contributed by atoms with Gasteiger partial charge >= 0.3 is 0 Å². The van der Waals surface area contributed by atoms with Crippen LogP contribution in [0.2, 0.25) is 0 Å². The van der Waals surface area contributed by atoms with E-state index in [4.69, 9.17) is 4.74 Å². The number of morpholine rings is 1. The first-order chi connectivity index (χ1) is 12.9. The summed E-state index contributed by atoms with van der Waals surface area (Å²) in [6.45, 7) is 5.27. The number of nitrogens with zero attached hydrogens (tertiary/aromatic N) is 2. The highest BCUT2D eigenvalue weighted by Gasteiger charge is 2.27. The maximum atomic E-state index is 12.6. The molecule has 0 aliphatic carbocycles. The Morgan fingerprint density at radius 3 is 2.44 bits per heavy atom. The van der Waals surface area contributed by atoms with E-state index in [1.54, 1.807) is 12.1 Å². The van der Waals surface area contributed by atoms with Crippen molar-refractivity contribution in [2.45, 2.75) is 24.8 Å². The van der Waals surface area contributed by atoms with Crippen LogP contribution in [0.5, 0.6) is 0 Å². The lowest BCUT2D eigenvalue weighted by atomic mass is 10.2. The monoisotopic (exact) mass is 390 g/mol. The Morgan fingerprint density at radius 2 is 1.81 bits per heavy atom. The lowest BCUT2D eigenvalue weighted by molar-refractivity contribution is -0.711. The number of rotatable bonds is 5. The molecular weight excluding hydrogens is 366 g/mol. The molecule has 2 aromatic rings. The third kappa shape index (κ3) is 4.35. The van der Waals surface area contributed by atoms with E-state index in [-0.39, 0.29) is 16.8 Å². The standard InChI is InChI=1S/C19H23N3O4S/c1-15-5-3-4-10-22(15)16(2)19(23)20-17-6-8-18(9-7-17)27(24,25)21-11-13-26-14-12-21/h3-10,16H,11-14H2,1-2H3/p+1/t16-/m0/s1. The fourth-order valence-corrected chi connectivity index (χ4v) is 4.40. The van der Waals surface area contributed by atoms with Crippen LogP contribution in [0.15, 0.2) is 53.6 Å². The van der Waals surface area contributed by atoms with Gasteiger partial charge in [0.25, 0.3) is 5.91 Å². The molecule has 1 N–H and O–H groups in total. The second-order valence-corrected chi connectivity index (χ2v) is 8.39. The quantitative estimate of drug-likeness (QED) is 0.785. The van der Waals surface area contributed by atoms with Crippen LogP contribution in [0.3, 0.4) is 0 Å². The summed E-state index contributed by atoms with van der Waals surface area (Å²) in [4.78, 5) is 12.7. The average molecular weight is 390 g/mol. The SMILES string of the molecule is Cc1cccc[n+]1[C@@H](C)C(=O)Nc1ccc(S(=O)(=O)N2CCOCC2)cc1. The zero-order chi connectivity index (χ0) is 19.4. The minimum atomic E-state index is -3.54. The molecule has 0 saturated carbocycles. The van der Waals surface area contributed by atoms with Crippen molar-refractivity contribution in [3.63, 3.8) is 0 Å². The number of ether oxygens (including phenoxy) is 1. The number of nitrogens with one attached hydrogen (secondary N) is 1. The smallest absolute Gasteiger partial charge is 0.293 e. The molecule has 0 unspecified atom stereocenters. The van der Waals surface area contributed by atoms with Crippen molar-refractivity contribution in [1.82, 2.24) is 4.31 Å². The first-order valence-corrected chi connectivity index (χ1v) is 10.3. The second-order valence-electron chi connectivity index (χ2n) is 6.46. The van der Waals surface area contributed by atoms with Crippen molar-refractivity contribution < 1.29 is 22.5 Å². The van der Waals surface area contributed by atoms with Crippen LogP contribution >= 0.6 is 0 Å². The van der Waals surface area contributed by atoms with Gasteiger partial charge in [-0.05, 0) is 24.3 Å². The molecule has 1 fully saturated rings. The van der Waals surface area contributed by atoms with E-state index in [9.17, 15) is 13.2 Å². The number of hydrogen-bond acceptors (Lipinski definition) is 4. The molecule has 0 spiro atoms. The fraction of sp³-hybridized carbons (Fsp3) is 0.368. The van der Waals surface area contributed by atoms with Gasteiger partial charge in [-0.2, -0.15) is 8.87 Å². The minimum Gasteiger partial charge on any atom is -0.379 e. The predicted octanol–water partition coefficient (Wildman–Crippen LogP) is 1.50. The van der Waals surface area contributed by atoms with Crippen molar-refractivity contribution in [2.75, 3.05) is 31.6 Å². The van der Waals surface area contributed by atoms with Gasteiger partial charge in [0.2, 0.25) is 16.1 Å². The van der Waals surface area contributed by atoms with E-state index in [1.165, 1.54) is 16.4 Å². The Bertz CT molecular complexity index is 907. The summed E-state index contributed by atoms with van der Waals surface area (Å²) in [6, 6.07) is 11.6. The number of carbonyl (C=O) groups excluding carboxylic acids is 1. The molecule has 1 amide bonds. The highest BCUT2D eigenvalue weighted by atomic mass is 32.2. The number of benzene rings is 1. The van der Waals surface area contributed by atoms with Crippen LogP contribution in [0, 0.1) is 6.92 Å². The van der Waals surface area contributed by atoms with Gasteiger partial charge < -0.3 is 10.1 Å². The molecule has 8 heteroatoms. The number of carbonyl (C=O) groups is 1. The molecule has 3 rings (SSSR count).